The molecule has 0 aliphatic carbocycles. The minimum absolute atomic E-state index is 0.341. The molecule has 1 aliphatic rings. The molecule has 1 fully saturated rings. The van der Waals surface area contributed by atoms with Crippen molar-refractivity contribution in [1.82, 2.24) is 5.32 Å². The number of phenols is 1. The molecule has 0 radical (unpaired) electrons. The molecule has 2 heteroatoms. The molecular weight excluding hydrogens is 138 g/mol. The van der Waals surface area contributed by atoms with Crippen LogP contribution < -0.4 is 5.32 Å². The first-order chi connectivity index (χ1) is 5.36. The first kappa shape index (κ1) is 6.68. The van der Waals surface area contributed by atoms with E-state index in [0.717, 1.165) is 6.54 Å². The van der Waals surface area contributed by atoms with Crippen molar-refractivity contribution in [1.29, 1.82) is 0 Å². The molecule has 1 aromatic carbocycles. The van der Waals surface area contributed by atoms with Crippen molar-refractivity contribution in [2.45, 2.75) is 12.5 Å². The van der Waals surface area contributed by atoms with Crippen LogP contribution in [-0.4, -0.2) is 11.7 Å². The van der Waals surface area contributed by atoms with Crippen molar-refractivity contribution in [2.24, 2.45) is 0 Å². The van der Waals surface area contributed by atoms with Gasteiger partial charge in [0.05, 0.1) is 0 Å². The average Bonchev–Trinajstić information content (AvgIpc) is 1.90. The van der Waals surface area contributed by atoms with Gasteiger partial charge in [0, 0.05) is 6.04 Å². The lowest BCUT2D eigenvalue weighted by molar-refractivity contribution is 0.382. The standard InChI is InChI=1S/C9H11NO/c11-8-3-1-7(2-4-8)9-5-6-10-9/h1-4,9-11H,5-6H2. The quantitative estimate of drug-likeness (QED) is 0.633. The minimum atomic E-state index is 0.341. The smallest absolute Gasteiger partial charge is 0.115 e. The fourth-order valence-electron chi connectivity index (χ4n) is 1.28. The second-order valence-electron chi connectivity index (χ2n) is 2.89. The molecule has 1 unspecified atom stereocenters. The van der Waals surface area contributed by atoms with E-state index in [2.05, 4.69) is 5.32 Å². The lowest BCUT2D eigenvalue weighted by Gasteiger charge is -2.27. The van der Waals surface area contributed by atoms with E-state index in [1.54, 1.807) is 12.1 Å². The summed E-state index contributed by atoms with van der Waals surface area (Å²) in [5, 5.41) is 12.3. The SMILES string of the molecule is Oc1ccc(C2CCN2)cc1. The fourth-order valence-corrected chi connectivity index (χ4v) is 1.28. The maximum Gasteiger partial charge on any atom is 0.115 e. The summed E-state index contributed by atoms with van der Waals surface area (Å²) in [4.78, 5) is 0. The maximum atomic E-state index is 9.01. The molecule has 58 valence electrons. The topological polar surface area (TPSA) is 32.3 Å². The predicted molar refractivity (Wildman–Crippen MR) is 43.5 cm³/mol. The molecule has 11 heavy (non-hydrogen) atoms. The number of phenolic OH excluding ortho intramolecular Hbond substituents is 1. The number of benzene rings is 1. The van der Waals surface area contributed by atoms with E-state index in [-0.39, 0.29) is 0 Å². The zero-order chi connectivity index (χ0) is 7.68. The first-order valence-electron chi connectivity index (χ1n) is 3.88. The minimum Gasteiger partial charge on any atom is -0.508 e. The Hall–Kier alpha value is -1.02. The Bertz CT molecular complexity index is 238. The summed E-state index contributed by atoms with van der Waals surface area (Å²) in [6.07, 6.45) is 1.21. The van der Waals surface area contributed by atoms with Crippen LogP contribution in [0.25, 0.3) is 0 Å². The van der Waals surface area contributed by atoms with Crippen LogP contribution in [0.4, 0.5) is 0 Å². The Balaban J connectivity index is 2.18. The van der Waals surface area contributed by atoms with Crippen molar-refractivity contribution in [3.63, 3.8) is 0 Å². The average molecular weight is 149 g/mol. The van der Waals surface area contributed by atoms with Gasteiger partial charge in [-0.3, -0.25) is 0 Å². The van der Waals surface area contributed by atoms with Crippen LogP contribution in [0.2, 0.25) is 0 Å². The Kier molecular flexibility index (Phi) is 1.55. The van der Waals surface area contributed by atoms with Crippen molar-refractivity contribution in [2.75, 3.05) is 6.54 Å². The molecule has 0 bridgehead atoms. The van der Waals surface area contributed by atoms with Crippen LogP contribution in [0.15, 0.2) is 24.3 Å². The molecule has 1 saturated heterocycles. The van der Waals surface area contributed by atoms with E-state index in [9.17, 15) is 0 Å². The summed E-state index contributed by atoms with van der Waals surface area (Å²) in [5.74, 6) is 0.341. The number of rotatable bonds is 1. The van der Waals surface area contributed by atoms with E-state index < -0.39 is 0 Å². The van der Waals surface area contributed by atoms with Crippen LogP contribution in [0.5, 0.6) is 5.75 Å². The van der Waals surface area contributed by atoms with Crippen molar-refractivity contribution in [3.8, 4) is 5.75 Å². The summed E-state index contributed by atoms with van der Waals surface area (Å²) in [5.41, 5.74) is 1.27. The third kappa shape index (κ3) is 1.21. The van der Waals surface area contributed by atoms with Gasteiger partial charge in [-0.2, -0.15) is 0 Å². The zero-order valence-corrected chi connectivity index (χ0v) is 6.25. The molecule has 0 aromatic heterocycles. The van der Waals surface area contributed by atoms with E-state index >= 15 is 0 Å². The Morgan fingerprint density at radius 3 is 2.36 bits per heavy atom. The molecule has 0 spiro atoms. The largest absolute Gasteiger partial charge is 0.508 e. The van der Waals surface area contributed by atoms with Crippen LogP contribution in [-0.2, 0) is 0 Å². The molecule has 0 saturated carbocycles. The zero-order valence-electron chi connectivity index (χ0n) is 6.25. The van der Waals surface area contributed by atoms with Gasteiger partial charge in [0.15, 0.2) is 0 Å². The normalized spacial score (nSPS) is 22.7. The first-order valence-corrected chi connectivity index (χ1v) is 3.88. The van der Waals surface area contributed by atoms with Crippen LogP contribution >= 0.6 is 0 Å². The molecule has 1 aliphatic heterocycles. The third-order valence-electron chi connectivity index (χ3n) is 2.12. The van der Waals surface area contributed by atoms with Crippen LogP contribution in [0.1, 0.15) is 18.0 Å². The molecule has 1 heterocycles. The molecule has 1 aromatic rings. The second-order valence-corrected chi connectivity index (χ2v) is 2.89. The van der Waals surface area contributed by atoms with E-state index in [4.69, 9.17) is 5.11 Å². The van der Waals surface area contributed by atoms with Gasteiger partial charge in [-0.1, -0.05) is 12.1 Å². The number of aromatic hydroxyl groups is 1. The monoisotopic (exact) mass is 149 g/mol. The highest BCUT2D eigenvalue weighted by atomic mass is 16.3. The number of hydrogen-bond donors (Lipinski definition) is 2. The Morgan fingerprint density at radius 2 is 1.91 bits per heavy atom. The van der Waals surface area contributed by atoms with E-state index in [1.807, 2.05) is 12.1 Å². The molecular formula is C9H11NO. The van der Waals surface area contributed by atoms with Crippen molar-refractivity contribution >= 4 is 0 Å². The van der Waals surface area contributed by atoms with Crippen molar-refractivity contribution < 1.29 is 5.11 Å². The highest BCUT2D eigenvalue weighted by Crippen LogP contribution is 2.23. The fraction of sp³-hybridized carbons (Fsp3) is 0.333. The number of nitrogens with one attached hydrogen (secondary N) is 1. The van der Waals surface area contributed by atoms with Gasteiger partial charge in [0.2, 0.25) is 0 Å². The summed E-state index contributed by atoms with van der Waals surface area (Å²) in [6.45, 7) is 1.12. The van der Waals surface area contributed by atoms with E-state index in [1.165, 1.54) is 12.0 Å². The van der Waals surface area contributed by atoms with E-state index in [0.29, 0.717) is 11.8 Å². The molecule has 2 N–H and O–H groups in total. The van der Waals surface area contributed by atoms with Gasteiger partial charge in [0.1, 0.15) is 5.75 Å². The highest BCUT2D eigenvalue weighted by Gasteiger charge is 2.17. The summed E-state index contributed by atoms with van der Waals surface area (Å²) < 4.78 is 0. The lowest BCUT2D eigenvalue weighted by Crippen LogP contribution is -2.34. The predicted octanol–water partition coefficient (Wildman–Crippen LogP) is 1.43. The van der Waals surface area contributed by atoms with Gasteiger partial charge in [0.25, 0.3) is 0 Å². The lowest BCUT2D eigenvalue weighted by atomic mass is 9.98. The van der Waals surface area contributed by atoms with Gasteiger partial charge in [-0.05, 0) is 30.7 Å². The van der Waals surface area contributed by atoms with Crippen LogP contribution in [0, 0.1) is 0 Å². The third-order valence-corrected chi connectivity index (χ3v) is 2.12. The van der Waals surface area contributed by atoms with Gasteiger partial charge in [-0.15, -0.1) is 0 Å². The molecule has 0 amide bonds. The number of hydrogen-bond acceptors (Lipinski definition) is 2. The Labute approximate surface area is 65.9 Å². The summed E-state index contributed by atoms with van der Waals surface area (Å²) >= 11 is 0. The van der Waals surface area contributed by atoms with Gasteiger partial charge >= 0.3 is 0 Å². The molecule has 2 rings (SSSR count). The molecule has 2 nitrogen and oxygen atoms in total. The van der Waals surface area contributed by atoms with Crippen LogP contribution in [0.3, 0.4) is 0 Å². The van der Waals surface area contributed by atoms with Crippen molar-refractivity contribution in [3.05, 3.63) is 29.8 Å². The molecule has 1 atom stereocenters. The summed E-state index contributed by atoms with van der Waals surface area (Å²) in [7, 11) is 0. The second kappa shape index (κ2) is 2.55. The maximum absolute atomic E-state index is 9.01. The Morgan fingerprint density at radius 1 is 1.27 bits per heavy atom. The highest BCUT2D eigenvalue weighted by molar-refractivity contribution is 5.28. The van der Waals surface area contributed by atoms with Gasteiger partial charge < -0.3 is 10.4 Å². The summed E-state index contributed by atoms with van der Waals surface area (Å²) in [6, 6.07) is 7.92. The van der Waals surface area contributed by atoms with Gasteiger partial charge in [-0.25, -0.2) is 0 Å².